The van der Waals surface area contributed by atoms with E-state index in [9.17, 15) is 9.59 Å². The van der Waals surface area contributed by atoms with Crippen molar-refractivity contribution in [3.8, 4) is 0 Å². The summed E-state index contributed by atoms with van der Waals surface area (Å²) in [5.74, 6) is -1.39. The molecule has 0 aliphatic carbocycles. The molecule has 7 nitrogen and oxygen atoms in total. The molecule has 1 aliphatic rings. The Kier molecular flexibility index (Phi) is 7.01. The number of dihydropyridines is 1. The Balaban J connectivity index is 2.60. The van der Waals surface area contributed by atoms with Crippen LogP contribution < -0.4 is 16.8 Å². The summed E-state index contributed by atoms with van der Waals surface area (Å²) >= 11 is 4.26. The zero-order valence-corrected chi connectivity index (χ0v) is 17.4. The number of benzene rings is 1. The molecule has 1 heterocycles. The van der Waals surface area contributed by atoms with Gasteiger partial charge in [0.15, 0.2) is 0 Å². The Labute approximate surface area is 170 Å². The standard InChI is InChI=1S/C20H27N3O4S/c1-10(2)26-19(24)15-14(13-7-5-12(9-28)6-8-13)16(18(22)23-17(15)21)20(25)27-11(3)4/h5-8,10-11,14,23,28H,9,21-22H2,1-4H3. The van der Waals surface area contributed by atoms with Gasteiger partial charge in [0.05, 0.1) is 29.3 Å². The van der Waals surface area contributed by atoms with Gasteiger partial charge in [-0.1, -0.05) is 24.3 Å². The SMILES string of the molecule is CC(C)OC(=O)C1=C(N)NC(N)=C(C(=O)OC(C)C)C1c1ccc(CS)cc1. The van der Waals surface area contributed by atoms with E-state index in [0.29, 0.717) is 11.3 Å². The van der Waals surface area contributed by atoms with Gasteiger partial charge in [0, 0.05) is 5.75 Å². The van der Waals surface area contributed by atoms with Crippen molar-refractivity contribution in [3.63, 3.8) is 0 Å². The highest BCUT2D eigenvalue weighted by Gasteiger charge is 2.39. The van der Waals surface area contributed by atoms with Gasteiger partial charge in [-0.2, -0.15) is 12.6 Å². The van der Waals surface area contributed by atoms with E-state index < -0.39 is 17.9 Å². The molecular weight excluding hydrogens is 378 g/mol. The Morgan fingerprint density at radius 3 is 1.75 bits per heavy atom. The molecular formula is C20H27N3O4S. The van der Waals surface area contributed by atoms with Gasteiger partial charge in [-0.05, 0) is 38.8 Å². The lowest BCUT2D eigenvalue weighted by molar-refractivity contribution is -0.143. The fourth-order valence-electron chi connectivity index (χ4n) is 2.89. The number of thiol groups is 1. The number of esters is 2. The van der Waals surface area contributed by atoms with Crippen LogP contribution in [0.5, 0.6) is 0 Å². The predicted molar refractivity (Wildman–Crippen MR) is 110 cm³/mol. The van der Waals surface area contributed by atoms with Crippen LogP contribution in [0.1, 0.15) is 44.7 Å². The first kappa shape index (κ1) is 21.7. The normalized spacial score (nSPS) is 15.1. The van der Waals surface area contributed by atoms with Crippen LogP contribution in [0.15, 0.2) is 47.1 Å². The molecule has 0 amide bonds. The second-order valence-electron chi connectivity index (χ2n) is 7.02. The maximum Gasteiger partial charge on any atom is 0.338 e. The van der Waals surface area contributed by atoms with Crippen molar-refractivity contribution in [2.75, 3.05) is 0 Å². The second kappa shape index (κ2) is 9.05. The van der Waals surface area contributed by atoms with E-state index in [-0.39, 0.29) is 35.0 Å². The molecule has 5 N–H and O–H groups in total. The number of nitrogens with two attached hydrogens (primary N) is 2. The predicted octanol–water partition coefficient (Wildman–Crippen LogP) is 2.05. The fraction of sp³-hybridized carbons (Fsp3) is 0.400. The van der Waals surface area contributed by atoms with Crippen LogP contribution in [0.25, 0.3) is 0 Å². The number of hydrogen-bond acceptors (Lipinski definition) is 8. The molecule has 28 heavy (non-hydrogen) atoms. The number of hydrogen-bond donors (Lipinski definition) is 4. The van der Waals surface area contributed by atoms with Crippen molar-refractivity contribution in [2.45, 2.75) is 51.6 Å². The van der Waals surface area contributed by atoms with Crippen LogP contribution in [0.2, 0.25) is 0 Å². The third kappa shape index (κ3) is 4.81. The molecule has 0 spiro atoms. The van der Waals surface area contributed by atoms with Gasteiger partial charge < -0.3 is 26.3 Å². The average molecular weight is 406 g/mol. The summed E-state index contributed by atoms with van der Waals surface area (Å²) in [4.78, 5) is 25.6. The van der Waals surface area contributed by atoms with Crippen LogP contribution in [-0.2, 0) is 24.8 Å². The zero-order chi connectivity index (χ0) is 21.0. The van der Waals surface area contributed by atoms with E-state index in [1.807, 2.05) is 24.3 Å². The molecule has 1 aliphatic heterocycles. The molecule has 8 heteroatoms. The maximum atomic E-state index is 12.8. The molecule has 0 fully saturated rings. The third-order valence-electron chi connectivity index (χ3n) is 4.05. The Morgan fingerprint density at radius 1 is 0.964 bits per heavy atom. The topological polar surface area (TPSA) is 117 Å². The summed E-state index contributed by atoms with van der Waals surface area (Å²) in [5, 5.41) is 2.71. The molecule has 0 atom stereocenters. The molecule has 0 unspecified atom stereocenters. The van der Waals surface area contributed by atoms with Gasteiger partial charge in [0.1, 0.15) is 11.6 Å². The summed E-state index contributed by atoms with van der Waals surface area (Å²) in [6, 6.07) is 7.36. The van der Waals surface area contributed by atoms with Gasteiger partial charge in [-0.15, -0.1) is 0 Å². The highest BCUT2D eigenvalue weighted by Crippen LogP contribution is 2.38. The van der Waals surface area contributed by atoms with Gasteiger partial charge in [0.2, 0.25) is 0 Å². The van der Waals surface area contributed by atoms with E-state index in [1.54, 1.807) is 27.7 Å². The molecule has 0 saturated heterocycles. The monoisotopic (exact) mass is 405 g/mol. The Hall–Kier alpha value is -2.61. The molecule has 0 bridgehead atoms. The second-order valence-corrected chi connectivity index (χ2v) is 7.34. The molecule has 1 aromatic carbocycles. The average Bonchev–Trinajstić information content (AvgIpc) is 2.59. The van der Waals surface area contributed by atoms with Crippen molar-refractivity contribution in [2.24, 2.45) is 11.5 Å². The quantitative estimate of drug-likeness (QED) is 0.423. The van der Waals surface area contributed by atoms with Crippen LogP contribution in [0, 0.1) is 0 Å². The number of nitrogens with one attached hydrogen (secondary N) is 1. The highest BCUT2D eigenvalue weighted by atomic mass is 32.1. The first-order chi connectivity index (χ1) is 13.1. The van der Waals surface area contributed by atoms with E-state index in [1.165, 1.54) is 0 Å². The lowest BCUT2D eigenvalue weighted by atomic mass is 9.82. The van der Waals surface area contributed by atoms with Crippen LogP contribution in [0.4, 0.5) is 0 Å². The van der Waals surface area contributed by atoms with Crippen LogP contribution in [-0.4, -0.2) is 24.1 Å². The molecule has 2 rings (SSSR count). The molecule has 1 aromatic rings. The minimum Gasteiger partial charge on any atom is -0.459 e. The number of rotatable bonds is 6. The first-order valence-electron chi connectivity index (χ1n) is 9.03. The van der Waals surface area contributed by atoms with Crippen molar-refractivity contribution < 1.29 is 19.1 Å². The van der Waals surface area contributed by atoms with Crippen molar-refractivity contribution in [3.05, 3.63) is 58.2 Å². The number of ether oxygens (including phenoxy) is 2. The molecule has 0 saturated carbocycles. The molecule has 0 aromatic heterocycles. The minimum absolute atomic E-state index is 0.0486. The summed E-state index contributed by atoms with van der Waals surface area (Å²) in [6.07, 6.45) is -0.705. The van der Waals surface area contributed by atoms with Crippen molar-refractivity contribution >= 4 is 24.6 Å². The van der Waals surface area contributed by atoms with E-state index in [0.717, 1.165) is 5.56 Å². The molecule has 152 valence electrons. The largest absolute Gasteiger partial charge is 0.459 e. The summed E-state index contributed by atoms with van der Waals surface area (Å²) in [5.41, 5.74) is 14.1. The summed E-state index contributed by atoms with van der Waals surface area (Å²) in [6.45, 7) is 6.94. The van der Waals surface area contributed by atoms with E-state index >= 15 is 0 Å². The minimum atomic E-state index is -0.812. The van der Waals surface area contributed by atoms with Crippen molar-refractivity contribution in [1.82, 2.24) is 5.32 Å². The van der Waals surface area contributed by atoms with Gasteiger partial charge in [-0.3, -0.25) is 0 Å². The van der Waals surface area contributed by atoms with Gasteiger partial charge in [0.25, 0.3) is 0 Å². The van der Waals surface area contributed by atoms with E-state index in [4.69, 9.17) is 20.9 Å². The number of carbonyl (C=O) groups excluding carboxylic acids is 2. The van der Waals surface area contributed by atoms with E-state index in [2.05, 4.69) is 17.9 Å². The highest BCUT2D eigenvalue weighted by molar-refractivity contribution is 7.79. The Morgan fingerprint density at radius 2 is 1.39 bits per heavy atom. The summed E-state index contributed by atoms with van der Waals surface area (Å²) < 4.78 is 10.7. The van der Waals surface area contributed by atoms with Crippen LogP contribution in [0.3, 0.4) is 0 Å². The maximum absolute atomic E-state index is 12.8. The van der Waals surface area contributed by atoms with Gasteiger partial charge >= 0.3 is 11.9 Å². The fourth-order valence-corrected chi connectivity index (χ4v) is 3.11. The van der Waals surface area contributed by atoms with Crippen molar-refractivity contribution in [1.29, 1.82) is 0 Å². The molecule has 0 radical (unpaired) electrons. The smallest absolute Gasteiger partial charge is 0.338 e. The third-order valence-corrected chi connectivity index (χ3v) is 4.41. The summed E-state index contributed by atoms with van der Waals surface area (Å²) in [7, 11) is 0. The van der Waals surface area contributed by atoms with Crippen LogP contribution >= 0.6 is 12.6 Å². The Bertz CT molecular complexity index is 769. The zero-order valence-electron chi connectivity index (χ0n) is 16.5. The lowest BCUT2D eigenvalue weighted by Crippen LogP contribution is -2.40. The number of carbonyl (C=O) groups is 2. The van der Waals surface area contributed by atoms with Gasteiger partial charge in [-0.25, -0.2) is 9.59 Å². The lowest BCUT2D eigenvalue weighted by Gasteiger charge is -2.30. The first-order valence-corrected chi connectivity index (χ1v) is 9.66.